The lowest BCUT2D eigenvalue weighted by Gasteiger charge is -2.29. The number of rotatable bonds is 10. The van der Waals surface area contributed by atoms with Crippen LogP contribution in [0.25, 0.3) is 0 Å². The van der Waals surface area contributed by atoms with Crippen molar-refractivity contribution in [2.75, 3.05) is 38.7 Å². The maximum Gasteiger partial charge on any atom is 0.0180 e. The van der Waals surface area contributed by atoms with Gasteiger partial charge < -0.3 is 10.2 Å². The Kier molecular flexibility index (Phi) is 10.6. The summed E-state index contributed by atoms with van der Waals surface area (Å²) >= 11 is 1.95. The molecule has 16 heavy (non-hydrogen) atoms. The normalized spacial score (nSPS) is 15.4. The molecule has 0 saturated heterocycles. The molecule has 0 heterocycles. The fourth-order valence-electron chi connectivity index (χ4n) is 1.98. The summed E-state index contributed by atoms with van der Waals surface area (Å²) in [5, 5.41) is 3.50. The lowest BCUT2D eigenvalue weighted by Crippen LogP contribution is -2.38. The predicted molar refractivity (Wildman–Crippen MR) is 77.4 cm³/mol. The van der Waals surface area contributed by atoms with E-state index >= 15 is 0 Å². The van der Waals surface area contributed by atoms with Crippen LogP contribution < -0.4 is 5.32 Å². The molecule has 0 aromatic carbocycles. The summed E-state index contributed by atoms with van der Waals surface area (Å²) in [7, 11) is 2.26. The zero-order chi connectivity index (χ0) is 12.4. The molecule has 0 saturated carbocycles. The molecule has 0 amide bonds. The van der Waals surface area contributed by atoms with Crippen molar-refractivity contribution in [3.05, 3.63) is 0 Å². The van der Waals surface area contributed by atoms with E-state index in [2.05, 4.69) is 44.3 Å². The van der Waals surface area contributed by atoms with Crippen molar-refractivity contribution in [2.45, 2.75) is 39.7 Å². The number of hydrogen-bond donors (Lipinski definition) is 1. The van der Waals surface area contributed by atoms with Gasteiger partial charge in [0.1, 0.15) is 0 Å². The van der Waals surface area contributed by atoms with E-state index in [0.29, 0.717) is 0 Å². The van der Waals surface area contributed by atoms with Crippen LogP contribution >= 0.6 is 11.8 Å². The molecule has 0 aliphatic heterocycles. The standard InChI is InChI=1S/C13H30N2S/c1-6-8-14-9-12(3)10-15(4)13(7-2)11-16-5/h12-14H,6-11H2,1-5H3. The monoisotopic (exact) mass is 246 g/mol. The van der Waals surface area contributed by atoms with Crippen LogP contribution in [0.1, 0.15) is 33.6 Å². The third kappa shape index (κ3) is 7.53. The Hall–Kier alpha value is 0.270. The average Bonchev–Trinajstić information content (AvgIpc) is 2.26. The first kappa shape index (κ1) is 16.3. The van der Waals surface area contributed by atoms with E-state index < -0.39 is 0 Å². The summed E-state index contributed by atoms with van der Waals surface area (Å²) in [4.78, 5) is 2.52. The maximum atomic E-state index is 3.50. The summed E-state index contributed by atoms with van der Waals surface area (Å²) in [5.74, 6) is 2.00. The Morgan fingerprint density at radius 3 is 2.50 bits per heavy atom. The lowest BCUT2D eigenvalue weighted by atomic mass is 10.1. The van der Waals surface area contributed by atoms with Crippen molar-refractivity contribution in [3.63, 3.8) is 0 Å². The molecule has 0 aliphatic carbocycles. The van der Waals surface area contributed by atoms with E-state index in [-0.39, 0.29) is 0 Å². The van der Waals surface area contributed by atoms with E-state index in [1.807, 2.05) is 11.8 Å². The quantitative estimate of drug-likeness (QED) is 0.597. The van der Waals surface area contributed by atoms with Crippen LogP contribution in [-0.2, 0) is 0 Å². The van der Waals surface area contributed by atoms with E-state index in [0.717, 1.165) is 25.0 Å². The zero-order valence-electron chi connectivity index (χ0n) is 11.8. The molecular formula is C13H30N2S. The van der Waals surface area contributed by atoms with Gasteiger partial charge in [0.05, 0.1) is 0 Å². The van der Waals surface area contributed by atoms with Crippen molar-refractivity contribution in [3.8, 4) is 0 Å². The van der Waals surface area contributed by atoms with Gasteiger partial charge in [-0.1, -0.05) is 20.8 Å². The Bertz CT molecular complexity index is 153. The third-order valence-corrected chi connectivity index (χ3v) is 3.69. The van der Waals surface area contributed by atoms with Gasteiger partial charge in [-0.25, -0.2) is 0 Å². The third-order valence-electron chi connectivity index (χ3n) is 2.97. The van der Waals surface area contributed by atoms with Gasteiger partial charge in [-0.15, -0.1) is 0 Å². The van der Waals surface area contributed by atoms with Crippen LogP contribution in [-0.4, -0.2) is 49.6 Å². The van der Waals surface area contributed by atoms with Gasteiger partial charge in [-0.3, -0.25) is 0 Å². The Morgan fingerprint density at radius 1 is 1.31 bits per heavy atom. The minimum Gasteiger partial charge on any atom is -0.316 e. The van der Waals surface area contributed by atoms with E-state index in [1.54, 1.807) is 0 Å². The van der Waals surface area contributed by atoms with Gasteiger partial charge in [0.2, 0.25) is 0 Å². The highest BCUT2D eigenvalue weighted by Gasteiger charge is 2.14. The number of nitrogens with one attached hydrogen (secondary N) is 1. The van der Waals surface area contributed by atoms with Gasteiger partial charge in [0, 0.05) is 18.3 Å². The van der Waals surface area contributed by atoms with Gasteiger partial charge >= 0.3 is 0 Å². The number of nitrogens with zero attached hydrogens (tertiary/aromatic N) is 1. The highest BCUT2D eigenvalue weighted by atomic mass is 32.2. The summed E-state index contributed by atoms with van der Waals surface area (Å²) < 4.78 is 0. The molecule has 0 spiro atoms. The van der Waals surface area contributed by atoms with Crippen molar-refractivity contribution in [1.29, 1.82) is 0 Å². The summed E-state index contributed by atoms with van der Waals surface area (Å²) in [5.41, 5.74) is 0. The average molecular weight is 246 g/mol. The Balaban J connectivity index is 3.77. The Morgan fingerprint density at radius 2 is 2.00 bits per heavy atom. The summed E-state index contributed by atoms with van der Waals surface area (Å²) in [6.07, 6.45) is 4.68. The van der Waals surface area contributed by atoms with Gasteiger partial charge in [0.15, 0.2) is 0 Å². The second-order valence-corrected chi connectivity index (χ2v) is 5.68. The molecule has 0 bridgehead atoms. The molecule has 0 aromatic heterocycles. The molecular weight excluding hydrogens is 216 g/mol. The topological polar surface area (TPSA) is 15.3 Å². The predicted octanol–water partition coefficient (Wildman–Crippen LogP) is 2.70. The highest BCUT2D eigenvalue weighted by molar-refractivity contribution is 7.98. The van der Waals surface area contributed by atoms with Gasteiger partial charge in [0.25, 0.3) is 0 Å². The van der Waals surface area contributed by atoms with E-state index in [9.17, 15) is 0 Å². The molecule has 98 valence electrons. The zero-order valence-corrected chi connectivity index (χ0v) is 12.6. The fourth-order valence-corrected chi connectivity index (χ4v) is 2.85. The first-order valence-electron chi connectivity index (χ1n) is 6.55. The molecule has 1 N–H and O–H groups in total. The second-order valence-electron chi connectivity index (χ2n) is 4.77. The van der Waals surface area contributed by atoms with Crippen molar-refractivity contribution in [1.82, 2.24) is 10.2 Å². The molecule has 0 radical (unpaired) electrons. The van der Waals surface area contributed by atoms with Gasteiger partial charge in [-0.05, 0) is 45.2 Å². The largest absolute Gasteiger partial charge is 0.316 e. The van der Waals surface area contributed by atoms with Crippen molar-refractivity contribution < 1.29 is 0 Å². The van der Waals surface area contributed by atoms with Gasteiger partial charge in [-0.2, -0.15) is 11.8 Å². The molecule has 3 heteroatoms. The lowest BCUT2D eigenvalue weighted by molar-refractivity contribution is 0.220. The first-order chi connectivity index (χ1) is 7.65. The fraction of sp³-hybridized carbons (Fsp3) is 1.00. The molecule has 2 nitrogen and oxygen atoms in total. The molecule has 0 aromatic rings. The maximum absolute atomic E-state index is 3.50. The SMILES string of the molecule is CCCNCC(C)CN(C)C(CC)CSC. The summed E-state index contributed by atoms with van der Waals surface area (Å²) in [6, 6.07) is 0.739. The first-order valence-corrected chi connectivity index (χ1v) is 7.94. The van der Waals surface area contributed by atoms with E-state index in [4.69, 9.17) is 0 Å². The Labute approximate surface area is 107 Å². The molecule has 2 unspecified atom stereocenters. The second kappa shape index (κ2) is 10.4. The molecule has 0 aliphatic rings. The van der Waals surface area contributed by atoms with Crippen molar-refractivity contribution >= 4 is 11.8 Å². The van der Waals surface area contributed by atoms with Crippen LogP contribution in [0.5, 0.6) is 0 Å². The molecule has 0 rings (SSSR count). The number of thioether (sulfide) groups is 1. The van der Waals surface area contributed by atoms with Crippen LogP contribution in [0.2, 0.25) is 0 Å². The minimum atomic E-state index is 0.739. The van der Waals surface area contributed by atoms with Crippen LogP contribution in [0.4, 0.5) is 0 Å². The minimum absolute atomic E-state index is 0.739. The smallest absolute Gasteiger partial charge is 0.0180 e. The highest BCUT2D eigenvalue weighted by Crippen LogP contribution is 2.10. The van der Waals surface area contributed by atoms with Crippen LogP contribution in [0.15, 0.2) is 0 Å². The number of hydrogen-bond acceptors (Lipinski definition) is 3. The van der Waals surface area contributed by atoms with Crippen LogP contribution in [0, 0.1) is 5.92 Å². The van der Waals surface area contributed by atoms with Crippen molar-refractivity contribution in [2.24, 2.45) is 5.92 Å². The molecule has 2 atom stereocenters. The summed E-state index contributed by atoms with van der Waals surface area (Å²) in [6.45, 7) is 10.3. The van der Waals surface area contributed by atoms with Crippen LogP contribution in [0.3, 0.4) is 0 Å². The molecule has 0 fully saturated rings. The van der Waals surface area contributed by atoms with E-state index in [1.165, 1.54) is 25.1 Å².